The summed E-state index contributed by atoms with van der Waals surface area (Å²) in [6.45, 7) is 3.03. The zero-order chi connectivity index (χ0) is 20.4. The van der Waals surface area contributed by atoms with E-state index in [0.29, 0.717) is 42.4 Å². The van der Waals surface area contributed by atoms with Crippen LogP contribution in [0.25, 0.3) is 16.6 Å². The Labute approximate surface area is 175 Å². The Hall–Kier alpha value is -2.68. The van der Waals surface area contributed by atoms with Gasteiger partial charge in [0, 0.05) is 23.3 Å². The van der Waals surface area contributed by atoms with Crippen LogP contribution in [0, 0.1) is 24.2 Å². The van der Waals surface area contributed by atoms with Crippen molar-refractivity contribution < 1.29 is 9.47 Å². The number of hydrogen-bond donors (Lipinski definition) is 1. The monoisotopic (exact) mass is 409 g/mol. The summed E-state index contributed by atoms with van der Waals surface area (Å²) >= 11 is 5.72. The van der Waals surface area contributed by atoms with E-state index in [1.807, 2.05) is 31.3 Å². The Bertz CT molecular complexity index is 1060. The first-order valence-corrected chi connectivity index (χ1v) is 10.4. The van der Waals surface area contributed by atoms with Gasteiger partial charge in [-0.05, 0) is 67.6 Å². The van der Waals surface area contributed by atoms with Gasteiger partial charge in [0.2, 0.25) is 0 Å². The maximum Gasteiger partial charge on any atom is 0.140 e. The predicted octanol–water partition coefficient (Wildman–Crippen LogP) is 4.54. The van der Waals surface area contributed by atoms with Crippen LogP contribution >= 0.6 is 11.6 Å². The van der Waals surface area contributed by atoms with E-state index in [-0.39, 0.29) is 0 Å². The summed E-state index contributed by atoms with van der Waals surface area (Å²) in [5.41, 5.74) is 9.23. The number of nitriles is 1. The molecule has 1 saturated carbocycles. The van der Waals surface area contributed by atoms with Crippen LogP contribution in [0.1, 0.15) is 24.0 Å². The minimum atomic E-state index is 0.341. The SMILES string of the molecule is Cc1cc(-n2ccc3cc(OCC4CC(N)C4)ccc32)cc(C#N)c1OCCCl. The van der Waals surface area contributed by atoms with E-state index in [0.717, 1.165) is 40.7 Å². The Morgan fingerprint density at radius 2 is 2.03 bits per heavy atom. The Morgan fingerprint density at radius 3 is 2.76 bits per heavy atom. The van der Waals surface area contributed by atoms with E-state index in [9.17, 15) is 5.26 Å². The largest absolute Gasteiger partial charge is 0.493 e. The number of benzene rings is 2. The lowest BCUT2D eigenvalue weighted by molar-refractivity contribution is 0.160. The number of halogens is 1. The highest BCUT2D eigenvalue weighted by molar-refractivity contribution is 6.18. The minimum Gasteiger partial charge on any atom is -0.493 e. The molecule has 4 rings (SSSR count). The van der Waals surface area contributed by atoms with Gasteiger partial charge in [-0.2, -0.15) is 5.26 Å². The average Bonchev–Trinajstić information content (AvgIpc) is 3.12. The second-order valence-corrected chi connectivity index (χ2v) is 7.98. The van der Waals surface area contributed by atoms with Crippen molar-refractivity contribution in [1.29, 1.82) is 5.26 Å². The lowest BCUT2D eigenvalue weighted by Gasteiger charge is -2.32. The van der Waals surface area contributed by atoms with Crippen molar-refractivity contribution in [2.24, 2.45) is 11.7 Å². The highest BCUT2D eigenvalue weighted by Gasteiger charge is 2.26. The molecule has 150 valence electrons. The molecule has 0 bridgehead atoms. The molecule has 0 radical (unpaired) electrons. The summed E-state index contributed by atoms with van der Waals surface area (Å²) in [6.07, 6.45) is 4.10. The summed E-state index contributed by atoms with van der Waals surface area (Å²) in [5.74, 6) is 2.41. The molecule has 0 atom stereocenters. The zero-order valence-electron chi connectivity index (χ0n) is 16.4. The molecule has 0 spiro atoms. The molecule has 0 amide bonds. The third kappa shape index (κ3) is 4.05. The van der Waals surface area contributed by atoms with Gasteiger partial charge < -0.3 is 19.8 Å². The molecule has 1 aliphatic carbocycles. The van der Waals surface area contributed by atoms with Crippen LogP contribution in [0.15, 0.2) is 42.6 Å². The second kappa shape index (κ2) is 8.36. The summed E-state index contributed by atoms with van der Waals surface area (Å²) in [7, 11) is 0. The number of fused-ring (bicyclic) bond motifs is 1. The highest BCUT2D eigenvalue weighted by Crippen LogP contribution is 2.31. The third-order valence-electron chi connectivity index (χ3n) is 5.40. The third-order valence-corrected chi connectivity index (χ3v) is 5.56. The fourth-order valence-electron chi connectivity index (χ4n) is 3.88. The maximum atomic E-state index is 9.56. The maximum absolute atomic E-state index is 9.56. The number of hydrogen-bond acceptors (Lipinski definition) is 4. The molecule has 5 nitrogen and oxygen atoms in total. The fourth-order valence-corrected chi connectivity index (χ4v) is 3.96. The van der Waals surface area contributed by atoms with Gasteiger partial charge in [-0.3, -0.25) is 0 Å². The van der Waals surface area contributed by atoms with E-state index >= 15 is 0 Å². The molecular formula is C23H24ClN3O2. The van der Waals surface area contributed by atoms with Gasteiger partial charge in [0.25, 0.3) is 0 Å². The number of rotatable bonds is 7. The molecule has 1 fully saturated rings. The van der Waals surface area contributed by atoms with Crippen molar-refractivity contribution in [2.45, 2.75) is 25.8 Å². The van der Waals surface area contributed by atoms with Gasteiger partial charge in [-0.15, -0.1) is 11.6 Å². The van der Waals surface area contributed by atoms with Crippen LogP contribution in [0.5, 0.6) is 11.5 Å². The molecule has 1 heterocycles. The highest BCUT2D eigenvalue weighted by atomic mass is 35.5. The lowest BCUT2D eigenvalue weighted by atomic mass is 9.82. The van der Waals surface area contributed by atoms with Gasteiger partial charge >= 0.3 is 0 Å². The van der Waals surface area contributed by atoms with Crippen LogP contribution in [-0.2, 0) is 0 Å². The van der Waals surface area contributed by atoms with Crippen LogP contribution in [0.3, 0.4) is 0 Å². The van der Waals surface area contributed by atoms with E-state index in [4.69, 9.17) is 26.8 Å². The quantitative estimate of drug-likeness (QED) is 0.581. The van der Waals surface area contributed by atoms with Gasteiger partial charge in [-0.1, -0.05) is 0 Å². The first-order chi connectivity index (χ1) is 14.1. The van der Waals surface area contributed by atoms with Crippen molar-refractivity contribution in [3.63, 3.8) is 0 Å². The molecule has 0 aliphatic heterocycles. The molecule has 1 aromatic heterocycles. The van der Waals surface area contributed by atoms with Crippen LogP contribution in [0.4, 0.5) is 0 Å². The topological polar surface area (TPSA) is 73.2 Å². The van der Waals surface area contributed by atoms with Gasteiger partial charge in [-0.25, -0.2) is 0 Å². The van der Waals surface area contributed by atoms with Crippen molar-refractivity contribution in [2.75, 3.05) is 19.1 Å². The van der Waals surface area contributed by atoms with Crippen LogP contribution in [0.2, 0.25) is 0 Å². The molecule has 2 aromatic carbocycles. The number of aromatic nitrogens is 1. The summed E-state index contributed by atoms with van der Waals surface area (Å²) in [4.78, 5) is 0. The lowest BCUT2D eigenvalue weighted by Crippen LogP contribution is -2.39. The number of alkyl halides is 1. The van der Waals surface area contributed by atoms with Crippen LogP contribution in [-0.4, -0.2) is 29.7 Å². The minimum absolute atomic E-state index is 0.341. The van der Waals surface area contributed by atoms with E-state index < -0.39 is 0 Å². The van der Waals surface area contributed by atoms with E-state index in [1.165, 1.54) is 0 Å². The molecular weight excluding hydrogens is 386 g/mol. The number of ether oxygens (including phenoxy) is 2. The Morgan fingerprint density at radius 1 is 1.21 bits per heavy atom. The smallest absolute Gasteiger partial charge is 0.140 e. The van der Waals surface area contributed by atoms with Crippen molar-refractivity contribution in [1.82, 2.24) is 4.57 Å². The first-order valence-electron chi connectivity index (χ1n) is 9.82. The average molecular weight is 410 g/mol. The Kier molecular flexibility index (Phi) is 5.66. The molecule has 29 heavy (non-hydrogen) atoms. The molecule has 6 heteroatoms. The first kappa shape index (κ1) is 19.6. The normalized spacial score (nSPS) is 18.3. The van der Waals surface area contributed by atoms with Crippen molar-refractivity contribution in [3.05, 3.63) is 53.7 Å². The Balaban J connectivity index is 1.59. The molecule has 0 unspecified atom stereocenters. The summed E-state index contributed by atoms with van der Waals surface area (Å²) in [6, 6.07) is 14.6. The number of nitrogens with zero attached hydrogens (tertiary/aromatic N) is 2. The van der Waals surface area contributed by atoms with Crippen molar-refractivity contribution >= 4 is 22.5 Å². The number of nitrogens with two attached hydrogens (primary N) is 1. The molecule has 3 aromatic rings. The standard InChI is InChI=1S/C23H24ClN3O2/c1-15-8-20(11-18(13-25)23(15)28-7-5-24)27-6-4-17-12-21(2-3-22(17)27)29-14-16-9-19(26)10-16/h2-4,6,8,11-12,16,19H,5,7,9-10,14,26H2,1H3. The van der Waals surface area contributed by atoms with Gasteiger partial charge in [0.1, 0.15) is 24.2 Å². The van der Waals surface area contributed by atoms with Crippen molar-refractivity contribution in [3.8, 4) is 23.3 Å². The molecule has 2 N–H and O–H groups in total. The molecule has 0 saturated heterocycles. The summed E-state index contributed by atoms with van der Waals surface area (Å²) in [5, 5.41) is 10.7. The zero-order valence-corrected chi connectivity index (χ0v) is 17.2. The van der Waals surface area contributed by atoms with E-state index in [1.54, 1.807) is 0 Å². The van der Waals surface area contributed by atoms with E-state index in [2.05, 4.69) is 28.8 Å². The number of aryl methyl sites for hydroxylation is 1. The predicted molar refractivity (Wildman–Crippen MR) is 115 cm³/mol. The van der Waals surface area contributed by atoms with Crippen LogP contribution < -0.4 is 15.2 Å². The van der Waals surface area contributed by atoms with Gasteiger partial charge in [0.05, 0.1) is 23.6 Å². The second-order valence-electron chi connectivity index (χ2n) is 7.60. The summed E-state index contributed by atoms with van der Waals surface area (Å²) < 4.78 is 13.7. The van der Waals surface area contributed by atoms with Gasteiger partial charge in [0.15, 0.2) is 0 Å². The molecule has 1 aliphatic rings. The fraction of sp³-hybridized carbons (Fsp3) is 0.348.